The first kappa shape index (κ1) is 10.2. The molecule has 1 aromatic rings. The number of hydrogen-bond acceptors (Lipinski definition) is 2. The van der Waals surface area contributed by atoms with Crippen LogP contribution >= 0.6 is 0 Å². The molecule has 0 aliphatic heterocycles. The summed E-state index contributed by atoms with van der Waals surface area (Å²) in [7, 11) is 1.98. The molecule has 82 valence electrons. The number of hydrogen-bond donors (Lipinski definition) is 1. The third-order valence-electron chi connectivity index (χ3n) is 2.78. The first-order valence-corrected chi connectivity index (χ1v) is 5.40. The topological polar surface area (TPSA) is 55.1 Å². The number of carboxylic acid groups (broad SMARTS) is 1. The highest BCUT2D eigenvalue weighted by atomic mass is 16.4. The summed E-state index contributed by atoms with van der Waals surface area (Å²) < 4.78 is 2.02. The Balaban J connectivity index is 1.92. The summed E-state index contributed by atoms with van der Waals surface area (Å²) in [6.07, 6.45) is 6.25. The smallest absolute Gasteiger partial charge is 0.303 e. The minimum Gasteiger partial charge on any atom is -0.481 e. The van der Waals surface area contributed by atoms with E-state index < -0.39 is 5.97 Å². The fourth-order valence-electron chi connectivity index (χ4n) is 1.74. The quantitative estimate of drug-likeness (QED) is 0.801. The molecule has 4 nitrogen and oxygen atoms in total. The normalized spacial score (nSPS) is 15.5. The van der Waals surface area contributed by atoms with Crippen molar-refractivity contribution >= 4 is 5.97 Å². The minimum absolute atomic E-state index is 0.228. The van der Waals surface area contributed by atoms with Crippen molar-refractivity contribution in [1.29, 1.82) is 0 Å². The van der Waals surface area contributed by atoms with Crippen molar-refractivity contribution < 1.29 is 9.90 Å². The fraction of sp³-hybridized carbons (Fsp3) is 0.636. The van der Waals surface area contributed by atoms with E-state index >= 15 is 0 Å². The van der Waals surface area contributed by atoms with Gasteiger partial charge in [-0.3, -0.25) is 4.79 Å². The predicted molar refractivity (Wildman–Crippen MR) is 55.8 cm³/mol. The van der Waals surface area contributed by atoms with E-state index in [0.717, 1.165) is 12.2 Å². The number of imidazole rings is 1. The van der Waals surface area contributed by atoms with E-state index in [9.17, 15) is 4.79 Å². The SMILES string of the molecule is Cn1cc(C2CC2)nc1CCCC(=O)O. The van der Waals surface area contributed by atoms with Gasteiger partial charge < -0.3 is 9.67 Å². The Labute approximate surface area is 88.9 Å². The molecule has 0 amide bonds. The van der Waals surface area contributed by atoms with Crippen molar-refractivity contribution in [3.05, 3.63) is 17.7 Å². The van der Waals surface area contributed by atoms with Gasteiger partial charge in [0.25, 0.3) is 0 Å². The molecule has 1 aliphatic rings. The highest BCUT2D eigenvalue weighted by Gasteiger charge is 2.26. The summed E-state index contributed by atoms with van der Waals surface area (Å²) in [5.41, 5.74) is 1.18. The molecule has 2 rings (SSSR count). The fourth-order valence-corrected chi connectivity index (χ4v) is 1.74. The molecule has 1 aromatic heterocycles. The Morgan fingerprint density at radius 2 is 2.40 bits per heavy atom. The lowest BCUT2D eigenvalue weighted by molar-refractivity contribution is -0.137. The lowest BCUT2D eigenvalue weighted by atomic mass is 10.2. The molecular weight excluding hydrogens is 192 g/mol. The second kappa shape index (κ2) is 4.04. The van der Waals surface area contributed by atoms with Gasteiger partial charge in [0.1, 0.15) is 5.82 Å². The van der Waals surface area contributed by atoms with Gasteiger partial charge in [-0.2, -0.15) is 0 Å². The molecule has 1 saturated carbocycles. The van der Waals surface area contributed by atoms with Crippen LogP contribution in [0.2, 0.25) is 0 Å². The Morgan fingerprint density at radius 3 is 3.00 bits per heavy atom. The number of carboxylic acids is 1. The van der Waals surface area contributed by atoms with E-state index in [2.05, 4.69) is 11.2 Å². The summed E-state index contributed by atoms with van der Waals surface area (Å²) in [4.78, 5) is 14.9. The second-order valence-corrected chi connectivity index (χ2v) is 4.21. The van der Waals surface area contributed by atoms with E-state index in [-0.39, 0.29) is 6.42 Å². The molecule has 1 N–H and O–H groups in total. The zero-order valence-electron chi connectivity index (χ0n) is 8.94. The number of aromatic nitrogens is 2. The highest BCUT2D eigenvalue weighted by Crippen LogP contribution is 2.39. The molecule has 0 radical (unpaired) electrons. The number of aliphatic carboxylic acids is 1. The van der Waals surface area contributed by atoms with Gasteiger partial charge in [-0.25, -0.2) is 4.98 Å². The maximum absolute atomic E-state index is 10.4. The van der Waals surface area contributed by atoms with Gasteiger partial charge in [-0.15, -0.1) is 0 Å². The maximum Gasteiger partial charge on any atom is 0.303 e. The van der Waals surface area contributed by atoms with E-state index in [1.165, 1.54) is 18.5 Å². The van der Waals surface area contributed by atoms with Crippen LogP contribution in [0, 0.1) is 0 Å². The standard InChI is InChI=1S/C11H16N2O2/c1-13-7-9(8-5-6-8)12-10(13)3-2-4-11(14)15/h7-8H,2-6H2,1H3,(H,14,15). The molecule has 0 aromatic carbocycles. The molecule has 15 heavy (non-hydrogen) atoms. The van der Waals surface area contributed by atoms with Crippen LogP contribution in [-0.4, -0.2) is 20.6 Å². The van der Waals surface area contributed by atoms with Crippen molar-refractivity contribution in [1.82, 2.24) is 9.55 Å². The minimum atomic E-state index is -0.730. The summed E-state index contributed by atoms with van der Waals surface area (Å²) in [5.74, 6) is 0.953. The van der Waals surface area contributed by atoms with Gasteiger partial charge >= 0.3 is 5.97 Å². The van der Waals surface area contributed by atoms with Crippen LogP contribution in [0.25, 0.3) is 0 Å². The molecule has 1 heterocycles. The molecule has 0 atom stereocenters. The van der Waals surface area contributed by atoms with Crippen molar-refractivity contribution in [3.63, 3.8) is 0 Å². The van der Waals surface area contributed by atoms with Gasteiger partial charge in [0.05, 0.1) is 5.69 Å². The number of carbonyl (C=O) groups is 1. The molecule has 0 spiro atoms. The van der Waals surface area contributed by atoms with Crippen LogP contribution in [0.15, 0.2) is 6.20 Å². The van der Waals surface area contributed by atoms with E-state index in [1.807, 2.05) is 11.6 Å². The molecule has 0 saturated heterocycles. The van der Waals surface area contributed by atoms with Crippen LogP contribution in [0.5, 0.6) is 0 Å². The van der Waals surface area contributed by atoms with Crippen LogP contribution in [0.1, 0.15) is 43.1 Å². The van der Waals surface area contributed by atoms with Crippen LogP contribution < -0.4 is 0 Å². The zero-order chi connectivity index (χ0) is 10.8. The van der Waals surface area contributed by atoms with Crippen molar-refractivity contribution in [2.75, 3.05) is 0 Å². The number of nitrogens with zero attached hydrogens (tertiary/aromatic N) is 2. The molecule has 4 heteroatoms. The summed E-state index contributed by atoms with van der Waals surface area (Å²) in [6, 6.07) is 0. The average molecular weight is 208 g/mol. The Morgan fingerprint density at radius 1 is 1.67 bits per heavy atom. The maximum atomic E-state index is 10.4. The first-order chi connectivity index (χ1) is 7.16. The summed E-state index contributed by atoms with van der Waals surface area (Å²) >= 11 is 0. The second-order valence-electron chi connectivity index (χ2n) is 4.21. The van der Waals surface area contributed by atoms with Gasteiger partial charge in [-0.05, 0) is 19.3 Å². The Bertz CT molecular complexity index is 367. The monoisotopic (exact) mass is 208 g/mol. The van der Waals surface area contributed by atoms with Crippen LogP contribution in [0.3, 0.4) is 0 Å². The van der Waals surface area contributed by atoms with Crippen molar-refractivity contribution in [2.24, 2.45) is 7.05 Å². The van der Waals surface area contributed by atoms with Crippen molar-refractivity contribution in [2.45, 2.75) is 38.0 Å². The molecule has 1 fully saturated rings. The predicted octanol–water partition coefficient (Wildman–Crippen LogP) is 1.70. The number of aryl methyl sites for hydroxylation is 2. The number of rotatable bonds is 5. The van der Waals surface area contributed by atoms with Gasteiger partial charge in [0.2, 0.25) is 0 Å². The largest absolute Gasteiger partial charge is 0.481 e. The summed E-state index contributed by atoms with van der Waals surface area (Å²) in [6.45, 7) is 0. The average Bonchev–Trinajstić information content (AvgIpc) is 2.93. The third kappa shape index (κ3) is 2.58. The van der Waals surface area contributed by atoms with Gasteiger partial charge in [0.15, 0.2) is 0 Å². The van der Waals surface area contributed by atoms with E-state index in [1.54, 1.807) is 0 Å². The molecule has 1 aliphatic carbocycles. The Kier molecular flexibility index (Phi) is 2.75. The lowest BCUT2D eigenvalue weighted by Crippen LogP contribution is -2.00. The molecule has 0 bridgehead atoms. The van der Waals surface area contributed by atoms with Crippen LogP contribution in [-0.2, 0) is 18.3 Å². The van der Waals surface area contributed by atoms with Crippen LogP contribution in [0.4, 0.5) is 0 Å². The highest BCUT2D eigenvalue weighted by molar-refractivity contribution is 5.66. The van der Waals surface area contributed by atoms with Crippen molar-refractivity contribution in [3.8, 4) is 0 Å². The van der Waals surface area contributed by atoms with Gasteiger partial charge in [0, 0.05) is 32.0 Å². The Hall–Kier alpha value is -1.32. The molecule has 0 unspecified atom stereocenters. The third-order valence-corrected chi connectivity index (χ3v) is 2.78. The van der Waals surface area contributed by atoms with E-state index in [0.29, 0.717) is 12.3 Å². The van der Waals surface area contributed by atoms with E-state index in [4.69, 9.17) is 5.11 Å². The lowest BCUT2D eigenvalue weighted by Gasteiger charge is -1.98. The first-order valence-electron chi connectivity index (χ1n) is 5.40. The summed E-state index contributed by atoms with van der Waals surface area (Å²) in [5, 5.41) is 8.54. The molecular formula is C11H16N2O2. The zero-order valence-corrected chi connectivity index (χ0v) is 8.94. The van der Waals surface area contributed by atoms with Gasteiger partial charge in [-0.1, -0.05) is 0 Å².